The van der Waals surface area contributed by atoms with Crippen LogP contribution in [-0.4, -0.2) is 71.8 Å². The largest absolute Gasteiger partial charge is 0.490 e. The maximum Gasteiger partial charge on any atom is 0.270 e. The van der Waals surface area contributed by atoms with Gasteiger partial charge in [0.15, 0.2) is 0 Å². The van der Waals surface area contributed by atoms with Gasteiger partial charge < -0.3 is 24.2 Å². The summed E-state index contributed by atoms with van der Waals surface area (Å²) in [6.45, 7) is 6.90. The number of amides is 1. The summed E-state index contributed by atoms with van der Waals surface area (Å²) < 4.78 is 8.18. The highest BCUT2D eigenvalue weighted by Crippen LogP contribution is 2.33. The van der Waals surface area contributed by atoms with Gasteiger partial charge in [0, 0.05) is 32.1 Å². The molecule has 5 rings (SSSR count). The van der Waals surface area contributed by atoms with Crippen molar-refractivity contribution >= 4 is 27.6 Å². The number of aliphatic hydroxyl groups excluding tert-OH is 1. The molecule has 0 unspecified atom stereocenters. The van der Waals surface area contributed by atoms with Gasteiger partial charge >= 0.3 is 0 Å². The Balaban J connectivity index is 1.19. The van der Waals surface area contributed by atoms with Crippen LogP contribution in [0.3, 0.4) is 0 Å². The number of hydrogen-bond donors (Lipinski definition) is 1. The first-order valence-electron chi connectivity index (χ1n) is 13.7. The van der Waals surface area contributed by atoms with Crippen LogP contribution in [0.15, 0.2) is 66.7 Å². The second-order valence-electron chi connectivity index (χ2n) is 11.0. The van der Waals surface area contributed by atoms with Crippen LogP contribution in [0.4, 0.5) is 0 Å². The SMILES string of the molecule is CC(C)n1c(C(=O)N(C)C)cc2c(OC[C@@H](O)CN3CCC(c4ccc5ccccc5c4)CC3)cccc21. The van der Waals surface area contributed by atoms with E-state index in [1.54, 1.807) is 19.0 Å². The van der Waals surface area contributed by atoms with Gasteiger partial charge in [0.25, 0.3) is 5.91 Å². The molecule has 1 aliphatic heterocycles. The first-order chi connectivity index (χ1) is 18.3. The second-order valence-corrected chi connectivity index (χ2v) is 11.0. The average molecular weight is 514 g/mol. The number of aliphatic hydroxyl groups is 1. The van der Waals surface area contributed by atoms with Gasteiger partial charge in [-0.3, -0.25) is 4.79 Å². The zero-order chi connectivity index (χ0) is 26.8. The van der Waals surface area contributed by atoms with Gasteiger partial charge in [-0.2, -0.15) is 0 Å². The molecule has 0 radical (unpaired) electrons. The molecule has 38 heavy (non-hydrogen) atoms. The van der Waals surface area contributed by atoms with Crippen LogP contribution in [0.2, 0.25) is 0 Å². The molecule has 0 bridgehead atoms. The van der Waals surface area contributed by atoms with E-state index >= 15 is 0 Å². The van der Waals surface area contributed by atoms with Crippen LogP contribution in [-0.2, 0) is 0 Å². The van der Waals surface area contributed by atoms with Crippen LogP contribution in [0.1, 0.15) is 54.7 Å². The number of likely N-dealkylation sites (tertiary alicyclic amines) is 1. The van der Waals surface area contributed by atoms with E-state index < -0.39 is 6.10 Å². The van der Waals surface area contributed by atoms with E-state index in [4.69, 9.17) is 4.74 Å². The van der Waals surface area contributed by atoms with Crippen molar-refractivity contribution in [3.8, 4) is 5.75 Å². The van der Waals surface area contributed by atoms with Gasteiger partial charge in [-0.1, -0.05) is 48.5 Å². The molecule has 6 heteroatoms. The van der Waals surface area contributed by atoms with Gasteiger partial charge in [-0.25, -0.2) is 0 Å². The number of nitrogens with zero attached hydrogens (tertiary/aromatic N) is 3. The Hall–Kier alpha value is -3.35. The number of ether oxygens (including phenoxy) is 1. The number of carbonyl (C=O) groups excluding carboxylic acids is 1. The lowest BCUT2D eigenvalue weighted by atomic mass is 9.88. The van der Waals surface area contributed by atoms with Crippen molar-refractivity contribution in [1.82, 2.24) is 14.4 Å². The molecule has 2 heterocycles. The molecule has 1 amide bonds. The molecule has 3 aromatic carbocycles. The Kier molecular flexibility index (Phi) is 7.73. The molecular formula is C32H39N3O3. The van der Waals surface area contributed by atoms with Crippen LogP contribution in [0.5, 0.6) is 5.75 Å². The van der Waals surface area contributed by atoms with E-state index in [9.17, 15) is 9.90 Å². The first kappa shape index (κ1) is 26.3. The highest BCUT2D eigenvalue weighted by atomic mass is 16.5. The Morgan fingerprint density at radius 1 is 1.00 bits per heavy atom. The summed E-state index contributed by atoms with van der Waals surface area (Å²) >= 11 is 0. The summed E-state index contributed by atoms with van der Waals surface area (Å²) in [5, 5.41) is 14.3. The predicted octanol–water partition coefficient (Wildman–Crippen LogP) is 5.70. The van der Waals surface area contributed by atoms with Gasteiger partial charge in [-0.15, -0.1) is 0 Å². The summed E-state index contributed by atoms with van der Waals surface area (Å²) in [7, 11) is 3.53. The predicted molar refractivity (Wildman–Crippen MR) is 154 cm³/mol. The topological polar surface area (TPSA) is 57.9 Å². The molecule has 0 saturated carbocycles. The molecule has 1 atom stereocenters. The molecule has 1 saturated heterocycles. The van der Waals surface area contributed by atoms with Gasteiger partial charge in [0.1, 0.15) is 24.2 Å². The highest BCUT2D eigenvalue weighted by molar-refractivity contribution is 6.00. The number of aromatic nitrogens is 1. The molecule has 1 fully saturated rings. The number of benzene rings is 3. The fraction of sp³-hybridized carbons (Fsp3) is 0.406. The number of piperidine rings is 1. The third kappa shape index (κ3) is 5.42. The van der Waals surface area contributed by atoms with Crippen molar-refractivity contribution in [1.29, 1.82) is 0 Å². The first-order valence-corrected chi connectivity index (χ1v) is 13.7. The lowest BCUT2D eigenvalue weighted by Crippen LogP contribution is -2.40. The van der Waals surface area contributed by atoms with Crippen molar-refractivity contribution < 1.29 is 14.6 Å². The zero-order valence-electron chi connectivity index (χ0n) is 22.9. The Bertz CT molecular complexity index is 1420. The molecule has 4 aromatic rings. The van der Waals surface area contributed by atoms with Crippen molar-refractivity contribution in [2.24, 2.45) is 0 Å². The number of fused-ring (bicyclic) bond motifs is 2. The van der Waals surface area contributed by atoms with E-state index in [2.05, 4.69) is 65.8 Å². The summed E-state index contributed by atoms with van der Waals surface area (Å²) in [4.78, 5) is 16.8. The number of hydrogen-bond acceptors (Lipinski definition) is 4. The van der Waals surface area contributed by atoms with Crippen LogP contribution in [0.25, 0.3) is 21.7 Å². The Morgan fingerprint density at radius 3 is 2.45 bits per heavy atom. The fourth-order valence-corrected chi connectivity index (χ4v) is 5.75. The summed E-state index contributed by atoms with van der Waals surface area (Å²) in [6.07, 6.45) is 1.60. The van der Waals surface area contributed by atoms with Crippen LogP contribution in [0, 0.1) is 0 Å². The fourth-order valence-electron chi connectivity index (χ4n) is 5.75. The van der Waals surface area contributed by atoms with E-state index in [0.29, 0.717) is 23.9 Å². The van der Waals surface area contributed by atoms with Gasteiger partial charge in [-0.05, 0) is 80.2 Å². The third-order valence-corrected chi connectivity index (χ3v) is 7.72. The van der Waals surface area contributed by atoms with Gasteiger partial charge in [0.05, 0.1) is 5.52 Å². The molecule has 1 aromatic heterocycles. The molecule has 1 aliphatic rings. The van der Waals surface area contributed by atoms with E-state index in [0.717, 1.165) is 36.8 Å². The summed E-state index contributed by atoms with van der Waals surface area (Å²) in [6, 6.07) is 23.3. The molecule has 0 spiro atoms. The maximum atomic E-state index is 12.8. The molecule has 200 valence electrons. The van der Waals surface area contributed by atoms with Crippen molar-refractivity contribution in [2.75, 3.05) is 40.3 Å². The molecule has 6 nitrogen and oxygen atoms in total. The molecule has 0 aliphatic carbocycles. The van der Waals surface area contributed by atoms with Crippen molar-refractivity contribution in [3.05, 3.63) is 78.0 Å². The van der Waals surface area contributed by atoms with Crippen LogP contribution < -0.4 is 4.74 Å². The monoisotopic (exact) mass is 513 g/mol. The highest BCUT2D eigenvalue weighted by Gasteiger charge is 2.24. The smallest absolute Gasteiger partial charge is 0.270 e. The summed E-state index contributed by atoms with van der Waals surface area (Å²) in [5.74, 6) is 1.22. The minimum absolute atomic E-state index is 0.0343. The quantitative estimate of drug-likeness (QED) is 0.329. The summed E-state index contributed by atoms with van der Waals surface area (Å²) in [5.41, 5.74) is 3.03. The van der Waals surface area contributed by atoms with E-state index in [-0.39, 0.29) is 18.6 Å². The molecule has 1 N–H and O–H groups in total. The Labute approximate surface area is 225 Å². The van der Waals surface area contributed by atoms with Gasteiger partial charge in [0.2, 0.25) is 0 Å². The lowest BCUT2D eigenvalue weighted by molar-refractivity contribution is 0.0599. The van der Waals surface area contributed by atoms with Crippen molar-refractivity contribution in [3.63, 3.8) is 0 Å². The van der Waals surface area contributed by atoms with Crippen molar-refractivity contribution in [2.45, 2.75) is 44.8 Å². The van der Waals surface area contributed by atoms with E-state index in [1.165, 1.54) is 16.3 Å². The number of rotatable bonds is 8. The zero-order valence-corrected chi connectivity index (χ0v) is 22.9. The standard InChI is InChI=1S/C32H39N3O3/c1-22(2)35-29-10-7-11-31(28(29)19-30(35)32(37)33(3)4)38-21-27(36)20-34-16-14-24(15-17-34)26-13-12-23-8-5-6-9-25(23)18-26/h5-13,18-19,22,24,27,36H,14-17,20-21H2,1-4H3/t27-/m0/s1. The lowest BCUT2D eigenvalue weighted by Gasteiger charge is -2.33. The second kappa shape index (κ2) is 11.2. The average Bonchev–Trinajstić information content (AvgIpc) is 3.32. The molecular weight excluding hydrogens is 474 g/mol. The van der Waals surface area contributed by atoms with Crippen LogP contribution >= 0.6 is 0 Å². The minimum atomic E-state index is -0.586. The van der Waals surface area contributed by atoms with E-state index in [1.807, 2.05) is 24.3 Å². The number of β-amino-alcohol motifs (C(OH)–C–C–N with tert-alkyl or cyclic N) is 1. The maximum absolute atomic E-state index is 12.8. The normalized spacial score (nSPS) is 15.8. The third-order valence-electron chi connectivity index (χ3n) is 7.72. The minimum Gasteiger partial charge on any atom is -0.490 e. The number of carbonyl (C=O) groups is 1. The Morgan fingerprint density at radius 2 is 1.74 bits per heavy atom.